The van der Waals surface area contributed by atoms with E-state index < -0.39 is 0 Å². The summed E-state index contributed by atoms with van der Waals surface area (Å²) in [6.45, 7) is 0. The number of nitrogens with zero attached hydrogens (tertiary/aromatic N) is 3. The lowest BCUT2D eigenvalue weighted by molar-refractivity contribution is 0.103. The number of hydrogen-bond donors (Lipinski definition) is 2. The van der Waals surface area contributed by atoms with E-state index in [9.17, 15) is 4.79 Å². The molecule has 0 saturated heterocycles. The monoisotopic (exact) mass is 387 g/mol. The quantitative estimate of drug-likeness (QED) is 0.637. The van der Waals surface area contributed by atoms with Crippen molar-refractivity contribution in [3.05, 3.63) is 41.8 Å². The number of carbonyl (C=O) groups is 1. The molecule has 27 heavy (non-hydrogen) atoms. The number of amides is 1. The number of aromatic nitrogens is 3. The van der Waals surface area contributed by atoms with Crippen molar-refractivity contribution in [2.45, 2.75) is 0 Å². The van der Waals surface area contributed by atoms with E-state index in [1.807, 2.05) is 0 Å². The maximum atomic E-state index is 12.5. The summed E-state index contributed by atoms with van der Waals surface area (Å²) in [5, 5.41) is 6.32. The Kier molecular flexibility index (Phi) is 5.67. The molecule has 2 heterocycles. The summed E-state index contributed by atoms with van der Waals surface area (Å²) >= 11 is 1.19. The highest BCUT2D eigenvalue weighted by Gasteiger charge is 2.16. The van der Waals surface area contributed by atoms with Crippen LogP contribution in [0.4, 0.5) is 16.6 Å². The van der Waals surface area contributed by atoms with Crippen LogP contribution in [0, 0.1) is 0 Å². The molecule has 0 aliphatic carbocycles. The smallest absolute Gasteiger partial charge is 0.267 e. The maximum Gasteiger partial charge on any atom is 0.267 e. The summed E-state index contributed by atoms with van der Waals surface area (Å²) in [5.41, 5.74) is 0.506. The number of methoxy groups -OCH3 is 3. The fraction of sp³-hybridized carbons (Fsp3) is 0.176. The van der Waals surface area contributed by atoms with Gasteiger partial charge in [0.2, 0.25) is 5.75 Å². The van der Waals surface area contributed by atoms with Gasteiger partial charge in [-0.15, -0.1) is 0 Å². The van der Waals surface area contributed by atoms with E-state index in [2.05, 4.69) is 25.6 Å². The summed E-state index contributed by atoms with van der Waals surface area (Å²) in [6, 6.07) is 3.30. The third-order valence-electron chi connectivity index (χ3n) is 3.45. The van der Waals surface area contributed by atoms with E-state index in [0.717, 1.165) is 0 Å². The van der Waals surface area contributed by atoms with E-state index in [4.69, 9.17) is 14.2 Å². The first-order valence-electron chi connectivity index (χ1n) is 7.74. The molecular formula is C17H17N5O4S. The Morgan fingerprint density at radius 2 is 1.74 bits per heavy atom. The van der Waals surface area contributed by atoms with Crippen LogP contribution in [0.2, 0.25) is 0 Å². The van der Waals surface area contributed by atoms with Gasteiger partial charge < -0.3 is 24.8 Å². The van der Waals surface area contributed by atoms with Gasteiger partial charge in [0, 0.05) is 30.2 Å². The molecule has 0 aliphatic rings. The topological polar surface area (TPSA) is 107 Å². The lowest BCUT2D eigenvalue weighted by atomic mass is 10.2. The molecule has 10 heteroatoms. The number of anilines is 3. The molecule has 2 aromatic heterocycles. The van der Waals surface area contributed by atoms with Gasteiger partial charge in [0.25, 0.3) is 5.91 Å². The van der Waals surface area contributed by atoms with Gasteiger partial charge >= 0.3 is 0 Å². The summed E-state index contributed by atoms with van der Waals surface area (Å²) in [6.07, 6.45) is 6.19. The highest BCUT2D eigenvalue weighted by molar-refractivity contribution is 7.17. The van der Waals surface area contributed by atoms with Crippen molar-refractivity contribution in [1.29, 1.82) is 0 Å². The summed E-state index contributed by atoms with van der Waals surface area (Å²) in [4.78, 5) is 25.2. The zero-order chi connectivity index (χ0) is 19.2. The number of nitrogens with one attached hydrogen (secondary N) is 2. The second-order valence-electron chi connectivity index (χ2n) is 5.11. The third-order valence-corrected chi connectivity index (χ3v) is 4.36. The van der Waals surface area contributed by atoms with Gasteiger partial charge in [-0.1, -0.05) is 11.3 Å². The fourth-order valence-electron chi connectivity index (χ4n) is 2.26. The molecule has 9 nitrogen and oxygen atoms in total. The Morgan fingerprint density at radius 3 is 2.33 bits per heavy atom. The van der Waals surface area contributed by atoms with Crippen molar-refractivity contribution in [2.24, 2.45) is 0 Å². The average Bonchev–Trinajstić information content (AvgIpc) is 3.16. The number of thiazole rings is 1. The molecular weight excluding hydrogens is 370 g/mol. The minimum absolute atomic E-state index is 0.311. The highest BCUT2D eigenvalue weighted by atomic mass is 32.1. The highest BCUT2D eigenvalue weighted by Crippen LogP contribution is 2.40. The molecule has 0 unspecified atom stereocenters. The summed E-state index contributed by atoms with van der Waals surface area (Å²) in [7, 11) is 4.54. The molecule has 2 N–H and O–H groups in total. The Balaban J connectivity index is 1.76. The lowest BCUT2D eigenvalue weighted by Gasteiger charge is -2.14. The Bertz CT molecular complexity index is 907. The minimum Gasteiger partial charge on any atom is -0.493 e. The van der Waals surface area contributed by atoms with Crippen molar-refractivity contribution in [2.75, 3.05) is 32.0 Å². The molecule has 0 bridgehead atoms. The molecule has 0 radical (unpaired) electrons. The molecule has 3 rings (SSSR count). The van der Waals surface area contributed by atoms with Crippen LogP contribution in [0.5, 0.6) is 17.2 Å². The number of hydrogen-bond acceptors (Lipinski definition) is 9. The van der Waals surface area contributed by atoms with Crippen LogP contribution in [-0.2, 0) is 0 Å². The van der Waals surface area contributed by atoms with Crippen LogP contribution < -0.4 is 24.8 Å². The van der Waals surface area contributed by atoms with Crippen molar-refractivity contribution in [3.63, 3.8) is 0 Å². The van der Waals surface area contributed by atoms with Crippen LogP contribution in [-0.4, -0.2) is 42.2 Å². The molecule has 1 aromatic carbocycles. The van der Waals surface area contributed by atoms with Crippen molar-refractivity contribution in [1.82, 2.24) is 15.0 Å². The van der Waals surface area contributed by atoms with Crippen molar-refractivity contribution in [3.8, 4) is 17.2 Å². The van der Waals surface area contributed by atoms with Gasteiger partial charge in [-0.25, -0.2) is 9.97 Å². The number of ether oxygens (including phenoxy) is 3. The Labute approximate surface area is 159 Å². The molecule has 140 valence electrons. The van der Waals surface area contributed by atoms with Gasteiger partial charge in [-0.05, 0) is 0 Å². The third kappa shape index (κ3) is 4.23. The second kappa shape index (κ2) is 8.32. The van der Waals surface area contributed by atoms with Crippen LogP contribution >= 0.6 is 11.3 Å². The zero-order valence-corrected chi connectivity index (χ0v) is 15.7. The van der Waals surface area contributed by atoms with Crippen molar-refractivity contribution < 1.29 is 19.0 Å². The maximum absolute atomic E-state index is 12.5. The van der Waals surface area contributed by atoms with E-state index in [1.54, 1.807) is 30.7 Å². The van der Waals surface area contributed by atoms with Crippen molar-refractivity contribution >= 4 is 33.9 Å². The first kappa shape index (κ1) is 18.4. The van der Waals surface area contributed by atoms with E-state index in [-0.39, 0.29) is 5.91 Å². The van der Waals surface area contributed by atoms with E-state index in [0.29, 0.717) is 38.8 Å². The van der Waals surface area contributed by atoms with Gasteiger partial charge in [0.1, 0.15) is 4.88 Å². The first-order chi connectivity index (χ1) is 13.1. The minimum atomic E-state index is -0.311. The van der Waals surface area contributed by atoms with Crippen LogP contribution in [0.1, 0.15) is 9.67 Å². The largest absolute Gasteiger partial charge is 0.493 e. The molecule has 0 aliphatic heterocycles. The van der Waals surface area contributed by atoms with Gasteiger partial charge in [-0.3, -0.25) is 9.78 Å². The zero-order valence-electron chi connectivity index (χ0n) is 14.8. The Hall–Kier alpha value is -3.40. The predicted octanol–water partition coefficient (Wildman–Crippen LogP) is 2.95. The molecule has 0 fully saturated rings. The van der Waals surface area contributed by atoms with Gasteiger partial charge in [-0.2, -0.15) is 0 Å². The van der Waals surface area contributed by atoms with Crippen LogP contribution in [0.25, 0.3) is 0 Å². The first-order valence-corrected chi connectivity index (χ1v) is 8.56. The van der Waals surface area contributed by atoms with Crippen LogP contribution in [0.15, 0.2) is 36.9 Å². The fourth-order valence-corrected chi connectivity index (χ4v) is 2.97. The molecule has 0 spiro atoms. The number of carbonyl (C=O) groups excluding carboxylic acids is 1. The normalized spacial score (nSPS) is 10.2. The molecule has 0 atom stereocenters. The SMILES string of the molecule is COc1cc(NC(=O)c2cnc(Nc3cnccn3)s2)cc(OC)c1OC. The second-order valence-corrected chi connectivity index (χ2v) is 6.14. The summed E-state index contributed by atoms with van der Waals surface area (Å²) < 4.78 is 15.8. The molecule has 0 saturated carbocycles. The standard InChI is InChI=1S/C17H17N5O4S/c1-24-11-6-10(7-12(25-2)15(11)26-3)21-16(23)13-8-20-17(27-13)22-14-9-18-4-5-19-14/h4-9H,1-3H3,(H,21,23)(H,19,20,22). The van der Waals surface area contributed by atoms with E-state index in [1.165, 1.54) is 38.9 Å². The Morgan fingerprint density at radius 1 is 1.00 bits per heavy atom. The molecule has 1 amide bonds. The van der Waals surface area contributed by atoms with Gasteiger partial charge in [0.05, 0.1) is 33.7 Å². The number of benzene rings is 1. The predicted molar refractivity (Wildman–Crippen MR) is 101 cm³/mol. The van der Waals surface area contributed by atoms with Gasteiger partial charge in [0.15, 0.2) is 22.4 Å². The average molecular weight is 387 g/mol. The summed E-state index contributed by atoms with van der Waals surface area (Å²) in [5.74, 6) is 1.58. The van der Waals surface area contributed by atoms with E-state index >= 15 is 0 Å². The number of rotatable bonds is 7. The van der Waals surface area contributed by atoms with Crippen LogP contribution in [0.3, 0.4) is 0 Å². The lowest BCUT2D eigenvalue weighted by Crippen LogP contribution is -2.10. The molecule has 3 aromatic rings.